The molecular weight excluding hydrogens is 500 g/mol. The molecule has 1 fully saturated rings. The fourth-order valence-corrected chi connectivity index (χ4v) is 4.43. The largest absolute Gasteiger partial charge is 0.435 e. The SMILES string of the molecule is CC(C)(N[C@H]1C[C@@H](c2ccccc2F)N(c2ccc(OC(F)F)cc2)C1=O)c1cccc(C(F)(F)F)n1. The van der Waals surface area contributed by atoms with Gasteiger partial charge < -0.3 is 9.64 Å². The molecule has 4 rings (SSSR count). The third-order valence-corrected chi connectivity index (χ3v) is 6.13. The number of carbonyl (C=O) groups is 1. The zero-order valence-corrected chi connectivity index (χ0v) is 19.8. The van der Waals surface area contributed by atoms with Crippen LogP contribution in [0.4, 0.5) is 32.0 Å². The minimum absolute atomic E-state index is 0.0736. The summed E-state index contributed by atoms with van der Waals surface area (Å²) in [5, 5.41) is 3.09. The van der Waals surface area contributed by atoms with E-state index in [1.165, 1.54) is 59.5 Å². The van der Waals surface area contributed by atoms with Crippen molar-refractivity contribution >= 4 is 11.6 Å². The Morgan fingerprint density at radius 1 is 0.973 bits per heavy atom. The first kappa shape index (κ1) is 26.5. The van der Waals surface area contributed by atoms with Crippen LogP contribution < -0.4 is 15.0 Å². The van der Waals surface area contributed by atoms with Gasteiger partial charge in [-0.1, -0.05) is 24.3 Å². The van der Waals surface area contributed by atoms with E-state index in [2.05, 4.69) is 15.0 Å². The predicted octanol–water partition coefficient (Wildman–Crippen LogP) is 6.21. The molecule has 0 radical (unpaired) electrons. The Labute approximate surface area is 209 Å². The molecule has 11 heteroatoms. The predicted molar refractivity (Wildman–Crippen MR) is 124 cm³/mol. The van der Waals surface area contributed by atoms with E-state index in [4.69, 9.17) is 0 Å². The van der Waals surface area contributed by atoms with Gasteiger partial charge in [0.15, 0.2) is 0 Å². The van der Waals surface area contributed by atoms with Gasteiger partial charge in [0.1, 0.15) is 17.3 Å². The molecule has 1 saturated heterocycles. The van der Waals surface area contributed by atoms with Crippen LogP contribution in [-0.2, 0) is 16.5 Å². The second kappa shape index (κ2) is 10.0. The quantitative estimate of drug-likeness (QED) is 0.374. The molecule has 1 amide bonds. The average Bonchev–Trinajstić information content (AvgIpc) is 3.14. The van der Waals surface area contributed by atoms with Gasteiger partial charge in [0.2, 0.25) is 5.91 Å². The van der Waals surface area contributed by atoms with Crippen LogP contribution in [0.15, 0.2) is 66.7 Å². The fraction of sp³-hybridized carbons (Fsp3) is 0.308. The van der Waals surface area contributed by atoms with Crippen molar-refractivity contribution in [3.05, 3.63) is 89.5 Å². The summed E-state index contributed by atoms with van der Waals surface area (Å²) < 4.78 is 83.9. The number of ether oxygens (including phenoxy) is 1. The smallest absolute Gasteiger partial charge is 0.433 e. The minimum atomic E-state index is -4.64. The van der Waals surface area contributed by atoms with E-state index in [9.17, 15) is 31.1 Å². The lowest BCUT2D eigenvalue weighted by Crippen LogP contribution is -2.48. The first-order chi connectivity index (χ1) is 17.4. The van der Waals surface area contributed by atoms with Crippen molar-refractivity contribution in [2.45, 2.75) is 50.7 Å². The topological polar surface area (TPSA) is 54.5 Å². The maximum Gasteiger partial charge on any atom is 0.433 e. The molecule has 37 heavy (non-hydrogen) atoms. The van der Waals surface area contributed by atoms with Gasteiger partial charge in [0.05, 0.1) is 23.3 Å². The van der Waals surface area contributed by atoms with E-state index in [1.807, 2.05) is 0 Å². The Morgan fingerprint density at radius 3 is 2.24 bits per heavy atom. The van der Waals surface area contributed by atoms with Crippen LogP contribution in [0.25, 0.3) is 0 Å². The van der Waals surface area contributed by atoms with Gasteiger partial charge in [-0.2, -0.15) is 22.0 Å². The molecule has 0 saturated carbocycles. The van der Waals surface area contributed by atoms with Gasteiger partial charge in [-0.25, -0.2) is 9.37 Å². The Morgan fingerprint density at radius 2 is 1.62 bits per heavy atom. The highest BCUT2D eigenvalue weighted by molar-refractivity contribution is 6.00. The number of hydrogen-bond donors (Lipinski definition) is 1. The van der Waals surface area contributed by atoms with Gasteiger partial charge in [-0.15, -0.1) is 0 Å². The summed E-state index contributed by atoms with van der Waals surface area (Å²) in [6, 6.07) is 13.1. The van der Waals surface area contributed by atoms with Crippen molar-refractivity contribution in [2.24, 2.45) is 0 Å². The number of rotatable bonds is 7. The van der Waals surface area contributed by atoms with E-state index in [-0.39, 0.29) is 23.4 Å². The Kier molecular flexibility index (Phi) is 7.18. The fourth-order valence-electron chi connectivity index (χ4n) is 4.43. The summed E-state index contributed by atoms with van der Waals surface area (Å²) in [6.07, 6.45) is -4.54. The molecule has 0 bridgehead atoms. The molecule has 1 aromatic heterocycles. The van der Waals surface area contributed by atoms with E-state index < -0.39 is 47.8 Å². The molecule has 196 valence electrons. The number of aromatic nitrogens is 1. The number of halogens is 6. The molecule has 0 spiro atoms. The molecule has 2 atom stereocenters. The summed E-state index contributed by atoms with van der Waals surface area (Å²) in [5.41, 5.74) is -1.59. The Balaban J connectivity index is 1.67. The third-order valence-electron chi connectivity index (χ3n) is 6.13. The summed E-state index contributed by atoms with van der Waals surface area (Å²) >= 11 is 0. The lowest BCUT2D eigenvalue weighted by molar-refractivity contribution is -0.141. The van der Waals surface area contributed by atoms with Crippen molar-refractivity contribution in [2.75, 3.05) is 4.90 Å². The number of alkyl halides is 5. The molecule has 2 heterocycles. The molecule has 2 aromatic carbocycles. The maximum absolute atomic E-state index is 14.8. The number of hydrogen-bond acceptors (Lipinski definition) is 4. The van der Waals surface area contributed by atoms with Crippen molar-refractivity contribution in [1.82, 2.24) is 10.3 Å². The molecule has 0 unspecified atom stereocenters. The van der Waals surface area contributed by atoms with E-state index in [1.54, 1.807) is 19.9 Å². The van der Waals surface area contributed by atoms with Gasteiger partial charge in [0.25, 0.3) is 0 Å². The van der Waals surface area contributed by atoms with Crippen molar-refractivity contribution in [1.29, 1.82) is 0 Å². The monoisotopic (exact) mass is 523 g/mol. The molecule has 1 aliphatic heterocycles. The first-order valence-electron chi connectivity index (χ1n) is 11.3. The highest BCUT2D eigenvalue weighted by Crippen LogP contribution is 2.40. The molecular formula is C26H23F6N3O2. The van der Waals surface area contributed by atoms with Gasteiger partial charge in [0, 0.05) is 11.3 Å². The third kappa shape index (κ3) is 5.71. The number of amides is 1. The van der Waals surface area contributed by atoms with E-state index in [0.29, 0.717) is 5.69 Å². The Bertz CT molecular complexity index is 1260. The molecule has 3 aromatic rings. The van der Waals surface area contributed by atoms with E-state index >= 15 is 0 Å². The highest BCUT2D eigenvalue weighted by atomic mass is 19.4. The van der Waals surface area contributed by atoms with Crippen molar-refractivity contribution in [3.63, 3.8) is 0 Å². The van der Waals surface area contributed by atoms with Crippen LogP contribution in [0, 0.1) is 5.82 Å². The summed E-state index contributed by atoms with van der Waals surface area (Å²) in [6.45, 7) is 0.172. The van der Waals surface area contributed by atoms with Crippen LogP contribution >= 0.6 is 0 Å². The van der Waals surface area contributed by atoms with Crippen molar-refractivity contribution < 1.29 is 35.9 Å². The van der Waals surface area contributed by atoms with Crippen LogP contribution in [0.5, 0.6) is 5.75 Å². The zero-order chi connectivity index (χ0) is 27.0. The van der Waals surface area contributed by atoms with E-state index in [0.717, 1.165) is 6.07 Å². The summed E-state index contributed by atoms with van der Waals surface area (Å²) in [5.74, 6) is -1.11. The highest BCUT2D eigenvalue weighted by Gasteiger charge is 2.44. The molecule has 5 nitrogen and oxygen atoms in total. The molecule has 0 aliphatic carbocycles. The normalized spacial score (nSPS) is 18.5. The van der Waals surface area contributed by atoms with Gasteiger partial charge in [-0.3, -0.25) is 10.1 Å². The second-order valence-corrected chi connectivity index (χ2v) is 9.08. The number of benzene rings is 2. The van der Waals surface area contributed by atoms with Crippen LogP contribution in [0.2, 0.25) is 0 Å². The van der Waals surface area contributed by atoms with Gasteiger partial charge in [-0.05, 0) is 62.7 Å². The summed E-state index contributed by atoms with van der Waals surface area (Å²) in [7, 11) is 0. The minimum Gasteiger partial charge on any atom is -0.435 e. The number of nitrogens with one attached hydrogen (secondary N) is 1. The first-order valence-corrected chi connectivity index (χ1v) is 11.3. The standard InChI is InChI=1S/C26H23F6N3O2/c1-25(2,21-8-5-9-22(33-21)26(30,31)32)34-19-14-20(17-6-3-4-7-18(17)27)35(23(19)36)15-10-12-16(13-11-15)37-24(28)29/h3-13,19-20,24,34H,14H2,1-2H3/t19-,20-/m0/s1. The number of nitrogens with zero attached hydrogens (tertiary/aromatic N) is 2. The van der Waals surface area contributed by atoms with Gasteiger partial charge >= 0.3 is 12.8 Å². The van der Waals surface area contributed by atoms with Crippen LogP contribution in [-0.4, -0.2) is 23.5 Å². The number of anilines is 1. The van der Waals surface area contributed by atoms with Crippen LogP contribution in [0.3, 0.4) is 0 Å². The number of pyridine rings is 1. The van der Waals surface area contributed by atoms with Crippen LogP contribution in [0.1, 0.15) is 43.3 Å². The molecule has 1 aliphatic rings. The second-order valence-electron chi connectivity index (χ2n) is 9.08. The summed E-state index contributed by atoms with van der Waals surface area (Å²) in [4.78, 5) is 18.7. The lowest BCUT2D eigenvalue weighted by Gasteiger charge is -2.29. The number of carbonyl (C=O) groups excluding carboxylic acids is 1. The Hall–Kier alpha value is -3.60. The zero-order valence-electron chi connectivity index (χ0n) is 19.8. The van der Waals surface area contributed by atoms with Crippen molar-refractivity contribution in [3.8, 4) is 5.75 Å². The lowest BCUT2D eigenvalue weighted by atomic mass is 9.96. The molecule has 1 N–H and O–H groups in total. The maximum atomic E-state index is 14.8. The average molecular weight is 523 g/mol.